The molecule has 17 heavy (non-hydrogen) atoms. The molecule has 0 saturated carbocycles. The van der Waals surface area contributed by atoms with Crippen molar-refractivity contribution in [3.63, 3.8) is 0 Å². The van der Waals surface area contributed by atoms with Gasteiger partial charge in [-0.1, -0.05) is 0 Å². The topological polar surface area (TPSA) is 78.7 Å². The van der Waals surface area contributed by atoms with Gasteiger partial charge in [-0.15, -0.1) is 11.3 Å². The van der Waals surface area contributed by atoms with E-state index >= 15 is 0 Å². The Morgan fingerprint density at radius 2 is 2.00 bits per heavy atom. The Morgan fingerprint density at radius 1 is 1.47 bits per heavy atom. The molecular weight excluding hydrogens is 333 g/mol. The third-order valence-corrected chi connectivity index (χ3v) is 6.14. The standard InChI is InChI=1S/C8H11BrNO5PS/c1-3-14-16(13,15-4-2)7-5-6(10(11)12)8(9)17-7/h5H,3-4H2,1-2H3. The van der Waals surface area contributed by atoms with Crippen molar-refractivity contribution in [3.8, 4) is 0 Å². The molecule has 0 aliphatic carbocycles. The molecule has 0 spiro atoms. The summed E-state index contributed by atoms with van der Waals surface area (Å²) in [5.41, 5.74) is -0.135. The molecule has 1 rings (SSSR count). The summed E-state index contributed by atoms with van der Waals surface area (Å²) < 4.78 is 23.1. The van der Waals surface area contributed by atoms with Crippen LogP contribution in [0.15, 0.2) is 9.85 Å². The number of nitrogens with zero attached hydrogens (tertiary/aromatic N) is 1. The van der Waals surface area contributed by atoms with Crippen LogP contribution in [0.3, 0.4) is 0 Å². The van der Waals surface area contributed by atoms with Crippen molar-refractivity contribution in [3.05, 3.63) is 20.0 Å². The van der Waals surface area contributed by atoms with Crippen LogP contribution in [0.5, 0.6) is 0 Å². The molecule has 6 nitrogen and oxygen atoms in total. The summed E-state index contributed by atoms with van der Waals surface area (Å²) in [6.07, 6.45) is 0. The van der Waals surface area contributed by atoms with E-state index in [-0.39, 0.29) is 23.5 Å². The first kappa shape index (κ1) is 14.8. The zero-order chi connectivity index (χ0) is 13.1. The van der Waals surface area contributed by atoms with Gasteiger partial charge in [0.05, 0.1) is 18.1 Å². The molecule has 0 saturated heterocycles. The second kappa shape index (κ2) is 6.06. The van der Waals surface area contributed by atoms with Gasteiger partial charge in [-0.3, -0.25) is 14.7 Å². The summed E-state index contributed by atoms with van der Waals surface area (Å²) >= 11 is 4.05. The van der Waals surface area contributed by atoms with Crippen LogP contribution >= 0.6 is 34.9 Å². The summed E-state index contributed by atoms with van der Waals surface area (Å²) in [6, 6.07) is 1.22. The van der Waals surface area contributed by atoms with E-state index in [1.807, 2.05) is 0 Å². The maximum absolute atomic E-state index is 12.3. The summed E-state index contributed by atoms with van der Waals surface area (Å²) in [5, 5.41) is 10.7. The number of nitro groups is 1. The molecule has 0 aliphatic heterocycles. The summed E-state index contributed by atoms with van der Waals surface area (Å²) in [7, 11) is -3.43. The molecule has 0 bridgehead atoms. The fourth-order valence-electron chi connectivity index (χ4n) is 1.11. The van der Waals surface area contributed by atoms with Crippen molar-refractivity contribution in [2.75, 3.05) is 13.2 Å². The van der Waals surface area contributed by atoms with E-state index in [9.17, 15) is 14.7 Å². The highest BCUT2D eigenvalue weighted by molar-refractivity contribution is 9.11. The minimum atomic E-state index is -3.43. The highest BCUT2D eigenvalue weighted by Gasteiger charge is 2.32. The quantitative estimate of drug-likeness (QED) is 0.449. The van der Waals surface area contributed by atoms with Gasteiger partial charge in [0.2, 0.25) is 0 Å². The lowest BCUT2D eigenvalue weighted by molar-refractivity contribution is -0.385. The van der Waals surface area contributed by atoms with E-state index in [1.165, 1.54) is 6.07 Å². The van der Waals surface area contributed by atoms with E-state index in [2.05, 4.69) is 15.9 Å². The predicted octanol–water partition coefficient (Wildman–Crippen LogP) is 3.31. The highest BCUT2D eigenvalue weighted by Crippen LogP contribution is 2.50. The van der Waals surface area contributed by atoms with Crippen LogP contribution in [0.2, 0.25) is 0 Å². The van der Waals surface area contributed by atoms with Crippen LogP contribution in [-0.2, 0) is 13.6 Å². The van der Waals surface area contributed by atoms with Gasteiger partial charge < -0.3 is 9.05 Å². The van der Waals surface area contributed by atoms with Gasteiger partial charge >= 0.3 is 7.60 Å². The smallest absolute Gasteiger partial charge is 0.305 e. The zero-order valence-corrected chi connectivity index (χ0v) is 12.5. The molecule has 0 N–H and O–H groups in total. The Kier molecular flexibility index (Phi) is 5.27. The average Bonchev–Trinajstić information content (AvgIpc) is 2.61. The second-order valence-corrected chi connectivity index (χ2v) is 7.50. The Bertz CT molecular complexity index is 453. The van der Waals surface area contributed by atoms with Crippen LogP contribution < -0.4 is 4.62 Å². The Hall–Kier alpha value is -0.270. The van der Waals surface area contributed by atoms with Gasteiger partial charge in [0.1, 0.15) is 8.40 Å². The van der Waals surface area contributed by atoms with Gasteiger partial charge in [-0.25, -0.2) is 0 Å². The fourth-order valence-corrected chi connectivity index (χ4v) is 5.19. The van der Waals surface area contributed by atoms with Crippen molar-refractivity contribution in [1.29, 1.82) is 0 Å². The van der Waals surface area contributed by atoms with Crippen LogP contribution in [0.4, 0.5) is 5.69 Å². The zero-order valence-electron chi connectivity index (χ0n) is 9.21. The Balaban J connectivity index is 3.16. The molecule has 0 unspecified atom stereocenters. The summed E-state index contributed by atoms with van der Waals surface area (Å²) in [4.78, 5) is 10.1. The van der Waals surface area contributed by atoms with E-state index in [4.69, 9.17) is 9.05 Å². The average molecular weight is 344 g/mol. The molecule has 1 heterocycles. The second-order valence-electron chi connectivity index (χ2n) is 2.83. The van der Waals surface area contributed by atoms with Crippen LogP contribution in [0.1, 0.15) is 13.8 Å². The summed E-state index contributed by atoms with van der Waals surface area (Å²) in [6.45, 7) is 3.78. The van der Waals surface area contributed by atoms with Crippen molar-refractivity contribution in [2.24, 2.45) is 0 Å². The lowest BCUT2D eigenvalue weighted by Gasteiger charge is -2.14. The van der Waals surface area contributed by atoms with Crippen molar-refractivity contribution >= 4 is 45.2 Å². The molecule has 96 valence electrons. The van der Waals surface area contributed by atoms with Crippen LogP contribution in [-0.4, -0.2) is 18.1 Å². The van der Waals surface area contributed by atoms with Crippen LogP contribution in [0.25, 0.3) is 0 Å². The van der Waals surface area contributed by atoms with Gasteiger partial charge in [0, 0.05) is 6.07 Å². The first-order chi connectivity index (χ1) is 7.94. The summed E-state index contributed by atoms with van der Waals surface area (Å²) in [5.74, 6) is 0. The normalized spacial score (nSPS) is 11.7. The number of hydrogen-bond donors (Lipinski definition) is 0. The monoisotopic (exact) mass is 343 g/mol. The molecule has 0 atom stereocenters. The SMILES string of the molecule is CCOP(=O)(OCC)c1cc([N+](=O)[O-])c(Br)s1. The van der Waals surface area contributed by atoms with Gasteiger partial charge in [-0.05, 0) is 29.8 Å². The minimum absolute atomic E-state index is 0.135. The van der Waals surface area contributed by atoms with Crippen LogP contribution in [0, 0.1) is 10.1 Å². The molecule has 0 fully saturated rings. The molecule has 0 aromatic carbocycles. The van der Waals surface area contributed by atoms with E-state index in [1.54, 1.807) is 13.8 Å². The lowest BCUT2D eigenvalue weighted by atomic mass is 10.6. The van der Waals surface area contributed by atoms with Gasteiger partial charge in [0.25, 0.3) is 5.69 Å². The first-order valence-corrected chi connectivity index (χ1v) is 7.93. The van der Waals surface area contributed by atoms with Crippen molar-refractivity contribution < 1.29 is 18.5 Å². The fraction of sp³-hybridized carbons (Fsp3) is 0.500. The number of thiophene rings is 1. The van der Waals surface area contributed by atoms with Gasteiger partial charge in [-0.2, -0.15) is 0 Å². The maximum atomic E-state index is 12.3. The van der Waals surface area contributed by atoms with Gasteiger partial charge in [0.15, 0.2) is 0 Å². The molecular formula is C8H11BrNO5PS. The van der Waals surface area contributed by atoms with Crippen molar-refractivity contribution in [2.45, 2.75) is 13.8 Å². The molecule has 0 radical (unpaired) electrons. The number of hydrogen-bond acceptors (Lipinski definition) is 6. The first-order valence-electron chi connectivity index (χ1n) is 4.78. The number of rotatable bonds is 6. The Labute approximate surface area is 111 Å². The van der Waals surface area contributed by atoms with E-state index in [0.29, 0.717) is 3.79 Å². The molecule has 0 amide bonds. The third-order valence-electron chi connectivity index (χ3n) is 1.72. The molecule has 9 heteroatoms. The van der Waals surface area contributed by atoms with Crippen molar-refractivity contribution in [1.82, 2.24) is 0 Å². The molecule has 1 aromatic heterocycles. The minimum Gasteiger partial charge on any atom is -0.305 e. The number of halogens is 1. The molecule has 1 aromatic rings. The largest absolute Gasteiger partial charge is 0.371 e. The molecule has 0 aliphatic rings. The Morgan fingerprint density at radius 3 is 2.35 bits per heavy atom. The lowest BCUT2D eigenvalue weighted by Crippen LogP contribution is -2.06. The van der Waals surface area contributed by atoms with E-state index in [0.717, 1.165) is 11.3 Å². The van der Waals surface area contributed by atoms with E-state index < -0.39 is 12.5 Å². The highest BCUT2D eigenvalue weighted by atomic mass is 79.9. The third kappa shape index (κ3) is 3.35. The maximum Gasteiger partial charge on any atom is 0.371 e. The predicted molar refractivity (Wildman–Crippen MR) is 69.2 cm³/mol.